The highest BCUT2D eigenvalue weighted by molar-refractivity contribution is 5.90. The maximum Gasteiger partial charge on any atom is 0.319 e. The fourth-order valence-electron chi connectivity index (χ4n) is 2.51. The van der Waals surface area contributed by atoms with Crippen molar-refractivity contribution in [3.05, 3.63) is 23.8 Å². The van der Waals surface area contributed by atoms with Crippen molar-refractivity contribution in [2.75, 3.05) is 12.4 Å². The SMILES string of the molecule is COc1ccc(NC(=O)NC2CCCCC2O)c(C)c1. The van der Waals surface area contributed by atoms with Crippen LogP contribution in [0.3, 0.4) is 0 Å². The Bertz CT molecular complexity index is 476. The van der Waals surface area contributed by atoms with E-state index in [1.54, 1.807) is 13.2 Å². The molecule has 5 nitrogen and oxygen atoms in total. The fourth-order valence-corrected chi connectivity index (χ4v) is 2.51. The van der Waals surface area contributed by atoms with Crippen molar-refractivity contribution in [1.82, 2.24) is 5.32 Å². The quantitative estimate of drug-likeness (QED) is 0.795. The van der Waals surface area contributed by atoms with Crippen molar-refractivity contribution < 1.29 is 14.6 Å². The smallest absolute Gasteiger partial charge is 0.319 e. The summed E-state index contributed by atoms with van der Waals surface area (Å²) in [7, 11) is 1.61. The van der Waals surface area contributed by atoms with Crippen LogP contribution in [0.4, 0.5) is 10.5 Å². The first kappa shape index (κ1) is 14.7. The Morgan fingerprint density at radius 3 is 2.75 bits per heavy atom. The van der Waals surface area contributed by atoms with Crippen molar-refractivity contribution in [3.8, 4) is 5.75 Å². The van der Waals surface area contributed by atoms with Crippen LogP contribution in [0.1, 0.15) is 31.2 Å². The molecule has 0 bridgehead atoms. The zero-order chi connectivity index (χ0) is 14.5. The number of rotatable bonds is 3. The van der Waals surface area contributed by atoms with Gasteiger partial charge < -0.3 is 20.5 Å². The Hall–Kier alpha value is -1.75. The molecule has 1 saturated carbocycles. The summed E-state index contributed by atoms with van der Waals surface area (Å²) < 4.78 is 5.13. The first-order valence-corrected chi connectivity index (χ1v) is 7.00. The van der Waals surface area contributed by atoms with Gasteiger partial charge in [-0.2, -0.15) is 0 Å². The number of amides is 2. The Labute approximate surface area is 119 Å². The molecule has 5 heteroatoms. The molecule has 20 heavy (non-hydrogen) atoms. The van der Waals surface area contributed by atoms with Gasteiger partial charge in [0.05, 0.1) is 19.3 Å². The van der Waals surface area contributed by atoms with Gasteiger partial charge in [-0.25, -0.2) is 4.79 Å². The number of benzene rings is 1. The van der Waals surface area contributed by atoms with Crippen LogP contribution in [0.5, 0.6) is 5.75 Å². The van der Waals surface area contributed by atoms with Crippen LogP contribution in [-0.4, -0.2) is 30.4 Å². The van der Waals surface area contributed by atoms with Gasteiger partial charge in [0.25, 0.3) is 0 Å². The van der Waals surface area contributed by atoms with E-state index >= 15 is 0 Å². The van der Waals surface area contributed by atoms with Crippen LogP contribution in [0.15, 0.2) is 18.2 Å². The Kier molecular flexibility index (Phi) is 4.84. The van der Waals surface area contributed by atoms with E-state index in [-0.39, 0.29) is 12.1 Å². The first-order valence-electron chi connectivity index (χ1n) is 7.00. The van der Waals surface area contributed by atoms with Crippen LogP contribution in [0, 0.1) is 6.92 Å². The number of hydrogen-bond acceptors (Lipinski definition) is 3. The number of aryl methyl sites for hydroxylation is 1. The Balaban J connectivity index is 1.94. The van der Waals surface area contributed by atoms with E-state index in [0.29, 0.717) is 0 Å². The molecule has 0 aliphatic heterocycles. The van der Waals surface area contributed by atoms with Crippen molar-refractivity contribution >= 4 is 11.7 Å². The lowest BCUT2D eigenvalue weighted by Crippen LogP contribution is -2.46. The van der Waals surface area contributed by atoms with Gasteiger partial charge in [-0.3, -0.25) is 0 Å². The highest BCUT2D eigenvalue weighted by Gasteiger charge is 2.24. The molecule has 1 aliphatic carbocycles. The maximum absolute atomic E-state index is 12.0. The maximum atomic E-state index is 12.0. The van der Waals surface area contributed by atoms with Crippen molar-refractivity contribution in [2.45, 2.75) is 44.8 Å². The van der Waals surface area contributed by atoms with Gasteiger partial charge >= 0.3 is 6.03 Å². The second kappa shape index (κ2) is 6.61. The average Bonchev–Trinajstić information content (AvgIpc) is 2.43. The number of anilines is 1. The van der Waals surface area contributed by atoms with Gasteiger partial charge in [0, 0.05) is 5.69 Å². The number of carbonyl (C=O) groups is 1. The van der Waals surface area contributed by atoms with Gasteiger partial charge in [-0.05, 0) is 43.5 Å². The lowest BCUT2D eigenvalue weighted by molar-refractivity contribution is 0.0955. The summed E-state index contributed by atoms with van der Waals surface area (Å²) in [4.78, 5) is 12.0. The second-order valence-corrected chi connectivity index (χ2v) is 5.24. The second-order valence-electron chi connectivity index (χ2n) is 5.24. The summed E-state index contributed by atoms with van der Waals surface area (Å²) >= 11 is 0. The van der Waals surface area contributed by atoms with Crippen molar-refractivity contribution in [2.24, 2.45) is 0 Å². The van der Waals surface area contributed by atoms with Crippen LogP contribution < -0.4 is 15.4 Å². The average molecular weight is 278 g/mol. The number of ether oxygens (including phenoxy) is 1. The number of nitrogens with one attached hydrogen (secondary N) is 2. The summed E-state index contributed by atoms with van der Waals surface area (Å²) in [5.74, 6) is 0.760. The molecular formula is C15H22N2O3. The molecule has 0 heterocycles. The molecule has 1 aliphatic rings. The highest BCUT2D eigenvalue weighted by Crippen LogP contribution is 2.22. The number of carbonyl (C=O) groups excluding carboxylic acids is 1. The van der Waals surface area contributed by atoms with Gasteiger partial charge in [-0.15, -0.1) is 0 Å². The lowest BCUT2D eigenvalue weighted by Gasteiger charge is -2.28. The summed E-state index contributed by atoms with van der Waals surface area (Å²) in [6.07, 6.45) is 3.22. The first-order chi connectivity index (χ1) is 9.60. The van der Waals surface area contributed by atoms with Gasteiger partial charge in [0.1, 0.15) is 5.75 Å². The molecule has 1 aromatic carbocycles. The Morgan fingerprint density at radius 1 is 1.35 bits per heavy atom. The number of hydrogen-bond donors (Lipinski definition) is 3. The zero-order valence-corrected chi connectivity index (χ0v) is 12.0. The minimum Gasteiger partial charge on any atom is -0.497 e. The molecule has 2 unspecified atom stereocenters. The summed E-state index contributed by atoms with van der Waals surface area (Å²) in [5.41, 5.74) is 1.68. The highest BCUT2D eigenvalue weighted by atomic mass is 16.5. The molecule has 2 rings (SSSR count). The summed E-state index contributed by atoms with van der Waals surface area (Å²) in [6, 6.07) is 5.06. The van der Waals surface area contributed by atoms with E-state index < -0.39 is 6.10 Å². The molecular weight excluding hydrogens is 256 g/mol. The van der Waals surface area contributed by atoms with Gasteiger partial charge in [-0.1, -0.05) is 12.8 Å². The molecule has 110 valence electrons. The van der Waals surface area contributed by atoms with E-state index in [9.17, 15) is 9.90 Å². The summed E-state index contributed by atoms with van der Waals surface area (Å²) in [6.45, 7) is 1.91. The monoisotopic (exact) mass is 278 g/mol. The largest absolute Gasteiger partial charge is 0.497 e. The third kappa shape index (κ3) is 3.63. The van der Waals surface area contributed by atoms with Crippen LogP contribution in [0.25, 0.3) is 0 Å². The topological polar surface area (TPSA) is 70.6 Å². The van der Waals surface area contributed by atoms with Crippen LogP contribution in [-0.2, 0) is 0 Å². The molecule has 0 radical (unpaired) electrons. The molecule has 0 aromatic heterocycles. The normalized spacial score (nSPS) is 22.1. The number of aliphatic hydroxyl groups is 1. The van der Waals surface area contributed by atoms with Crippen LogP contribution in [0.2, 0.25) is 0 Å². The minimum atomic E-state index is -0.438. The van der Waals surface area contributed by atoms with E-state index in [1.807, 2.05) is 19.1 Å². The van der Waals surface area contributed by atoms with E-state index in [1.165, 1.54) is 0 Å². The van der Waals surface area contributed by atoms with Gasteiger partial charge in [0.15, 0.2) is 0 Å². The lowest BCUT2D eigenvalue weighted by atomic mass is 9.93. The fraction of sp³-hybridized carbons (Fsp3) is 0.533. The van der Waals surface area contributed by atoms with E-state index in [2.05, 4.69) is 10.6 Å². The predicted octanol–water partition coefficient (Wildman–Crippen LogP) is 2.43. The molecule has 2 atom stereocenters. The molecule has 0 saturated heterocycles. The van der Waals surface area contributed by atoms with Crippen LogP contribution >= 0.6 is 0 Å². The molecule has 2 amide bonds. The standard InChI is InChI=1S/C15H22N2O3/c1-10-9-11(20-2)7-8-12(10)16-15(19)17-13-5-3-4-6-14(13)18/h7-9,13-14,18H,3-6H2,1-2H3,(H2,16,17,19). The van der Waals surface area contributed by atoms with Crippen molar-refractivity contribution in [3.63, 3.8) is 0 Å². The van der Waals surface area contributed by atoms with Gasteiger partial charge in [0.2, 0.25) is 0 Å². The molecule has 0 spiro atoms. The van der Waals surface area contributed by atoms with Crippen molar-refractivity contribution in [1.29, 1.82) is 0 Å². The third-order valence-corrected chi connectivity index (χ3v) is 3.73. The molecule has 1 aromatic rings. The van der Waals surface area contributed by atoms with E-state index in [4.69, 9.17) is 4.74 Å². The minimum absolute atomic E-state index is 0.151. The molecule has 3 N–H and O–H groups in total. The third-order valence-electron chi connectivity index (χ3n) is 3.73. The van der Waals surface area contributed by atoms with E-state index in [0.717, 1.165) is 42.7 Å². The number of urea groups is 1. The number of aliphatic hydroxyl groups excluding tert-OH is 1. The molecule has 1 fully saturated rings. The number of methoxy groups -OCH3 is 1. The Morgan fingerprint density at radius 2 is 2.10 bits per heavy atom. The zero-order valence-electron chi connectivity index (χ0n) is 12.0. The predicted molar refractivity (Wildman–Crippen MR) is 78.1 cm³/mol. The summed E-state index contributed by atoms with van der Waals surface area (Å²) in [5, 5.41) is 15.5.